The van der Waals surface area contributed by atoms with Crippen LogP contribution in [0.4, 0.5) is 0 Å². The molecule has 7 nitrogen and oxygen atoms in total. The van der Waals surface area contributed by atoms with Gasteiger partial charge in [0, 0.05) is 34.5 Å². The van der Waals surface area contributed by atoms with Crippen molar-refractivity contribution in [1.82, 2.24) is 9.38 Å². The monoisotopic (exact) mass is 454 g/mol. The molecule has 0 aromatic carbocycles. The van der Waals surface area contributed by atoms with Crippen LogP contribution >= 0.6 is 11.3 Å². The predicted molar refractivity (Wildman–Crippen MR) is 123 cm³/mol. The number of allylic oxidation sites excluding steroid dienone is 2. The highest BCUT2D eigenvalue weighted by molar-refractivity contribution is 7.11. The highest BCUT2D eigenvalue weighted by Gasteiger charge is 2.26. The van der Waals surface area contributed by atoms with E-state index in [-0.39, 0.29) is 17.7 Å². The van der Waals surface area contributed by atoms with E-state index in [1.807, 2.05) is 18.2 Å². The first-order valence-electron chi connectivity index (χ1n) is 10.4. The Morgan fingerprint density at radius 1 is 1.25 bits per heavy atom. The third kappa shape index (κ3) is 4.80. The summed E-state index contributed by atoms with van der Waals surface area (Å²) in [5.74, 6) is -1.79. The molecule has 0 aliphatic carbocycles. The van der Waals surface area contributed by atoms with Crippen molar-refractivity contribution in [2.75, 3.05) is 6.61 Å². The van der Waals surface area contributed by atoms with E-state index in [9.17, 15) is 14.4 Å². The number of carbonyl (C=O) groups excluding carboxylic acids is 2. The number of fused-ring (bicyclic) bond motifs is 1. The van der Waals surface area contributed by atoms with Gasteiger partial charge < -0.3 is 14.2 Å². The summed E-state index contributed by atoms with van der Waals surface area (Å²) >= 11 is 1.75. The first-order chi connectivity index (χ1) is 15.3. The highest BCUT2D eigenvalue weighted by Crippen LogP contribution is 2.33. The van der Waals surface area contributed by atoms with Crippen LogP contribution in [0.15, 0.2) is 30.0 Å². The minimum absolute atomic E-state index is 0.0365. The van der Waals surface area contributed by atoms with Crippen molar-refractivity contribution in [2.24, 2.45) is 0 Å². The standard InChI is InChI=1S/C24H26N2O5S/c1-5-16(9-17-8-7-15(4)32-17)10-19-18(6-2)22(20(28)12-27)23-24(31-13-21(29)30)25-14(3)11-26(19)23/h5,7-8,11-12H,6,9-10,13H2,1-4H3,(H,29,30)/b16-5+. The van der Waals surface area contributed by atoms with Crippen LogP contribution in [0.2, 0.25) is 0 Å². The lowest BCUT2D eigenvalue weighted by molar-refractivity contribution is -0.139. The third-order valence-electron chi connectivity index (χ3n) is 5.25. The van der Waals surface area contributed by atoms with Crippen LogP contribution in [0.1, 0.15) is 50.9 Å². The average Bonchev–Trinajstić information content (AvgIpc) is 3.31. The number of aryl methyl sites for hydroxylation is 2. The van der Waals surface area contributed by atoms with Gasteiger partial charge in [0.15, 0.2) is 12.9 Å². The molecule has 0 aliphatic rings. The molecule has 0 spiro atoms. The van der Waals surface area contributed by atoms with Crippen molar-refractivity contribution in [1.29, 1.82) is 0 Å². The Kier molecular flexibility index (Phi) is 7.25. The minimum Gasteiger partial charge on any atom is -0.479 e. The lowest BCUT2D eigenvalue weighted by atomic mass is 9.98. The van der Waals surface area contributed by atoms with Crippen LogP contribution < -0.4 is 4.74 Å². The van der Waals surface area contributed by atoms with Gasteiger partial charge in [0.25, 0.3) is 0 Å². The smallest absolute Gasteiger partial charge is 0.341 e. The van der Waals surface area contributed by atoms with Crippen LogP contribution in [0, 0.1) is 13.8 Å². The van der Waals surface area contributed by atoms with Gasteiger partial charge in [-0.25, -0.2) is 9.78 Å². The van der Waals surface area contributed by atoms with Crippen LogP contribution in [-0.2, 0) is 28.9 Å². The van der Waals surface area contributed by atoms with E-state index in [4.69, 9.17) is 9.84 Å². The summed E-state index contributed by atoms with van der Waals surface area (Å²) in [5.41, 5.74) is 3.97. The molecule has 32 heavy (non-hydrogen) atoms. The molecule has 1 N–H and O–H groups in total. The largest absolute Gasteiger partial charge is 0.479 e. The van der Waals surface area contributed by atoms with Gasteiger partial charge >= 0.3 is 5.97 Å². The molecule has 0 aliphatic heterocycles. The fraction of sp³-hybridized carbons (Fsp3) is 0.333. The normalized spacial score (nSPS) is 11.7. The molecule has 0 atom stereocenters. The predicted octanol–water partition coefficient (Wildman–Crippen LogP) is 4.15. The van der Waals surface area contributed by atoms with Crippen molar-refractivity contribution in [3.05, 3.63) is 62.2 Å². The Hall–Kier alpha value is -3.26. The van der Waals surface area contributed by atoms with E-state index < -0.39 is 18.4 Å². The number of aldehydes is 1. The molecule has 3 heterocycles. The number of carbonyl (C=O) groups is 3. The Morgan fingerprint density at radius 2 is 2.00 bits per heavy atom. The fourth-order valence-corrected chi connectivity index (χ4v) is 4.83. The molecule has 0 saturated carbocycles. The molecule has 3 aromatic rings. The zero-order chi connectivity index (χ0) is 23.4. The third-order valence-corrected chi connectivity index (χ3v) is 6.26. The Morgan fingerprint density at radius 3 is 2.56 bits per heavy atom. The number of thiophene rings is 1. The average molecular weight is 455 g/mol. The van der Waals surface area contributed by atoms with E-state index >= 15 is 0 Å². The fourth-order valence-electron chi connectivity index (χ4n) is 3.88. The minimum atomic E-state index is -1.15. The number of rotatable bonds is 10. The van der Waals surface area contributed by atoms with Crippen molar-refractivity contribution >= 4 is 34.9 Å². The van der Waals surface area contributed by atoms with Crippen LogP contribution in [0.25, 0.3) is 5.52 Å². The number of Topliss-reactive ketones (excluding diaryl/α,β-unsaturated/α-hetero) is 1. The van der Waals surface area contributed by atoms with Gasteiger partial charge in [0.2, 0.25) is 11.7 Å². The Balaban J connectivity index is 2.19. The zero-order valence-electron chi connectivity index (χ0n) is 18.6. The van der Waals surface area contributed by atoms with Crippen molar-refractivity contribution in [2.45, 2.75) is 47.0 Å². The quantitative estimate of drug-likeness (QED) is 0.214. The van der Waals surface area contributed by atoms with Gasteiger partial charge in [-0.1, -0.05) is 18.6 Å². The summed E-state index contributed by atoms with van der Waals surface area (Å²) in [4.78, 5) is 42.0. The molecule has 168 valence electrons. The number of carboxylic acids is 1. The molecule has 0 unspecified atom stereocenters. The lowest BCUT2D eigenvalue weighted by Crippen LogP contribution is -2.12. The van der Waals surface area contributed by atoms with Gasteiger partial charge in [0.1, 0.15) is 5.52 Å². The summed E-state index contributed by atoms with van der Waals surface area (Å²) in [6.45, 7) is 7.17. The molecule has 0 radical (unpaired) electrons. The molecule has 3 aromatic heterocycles. The maximum Gasteiger partial charge on any atom is 0.341 e. The number of ether oxygens (including phenoxy) is 1. The summed E-state index contributed by atoms with van der Waals surface area (Å²) in [5, 5.41) is 9.05. The van der Waals surface area contributed by atoms with Gasteiger partial charge in [0.05, 0.1) is 11.3 Å². The first kappa shape index (κ1) is 23.4. The van der Waals surface area contributed by atoms with Crippen molar-refractivity contribution in [3.63, 3.8) is 0 Å². The number of aromatic nitrogens is 2. The van der Waals surface area contributed by atoms with Crippen LogP contribution in [0.5, 0.6) is 5.88 Å². The summed E-state index contributed by atoms with van der Waals surface area (Å²) in [6.07, 6.45) is 6.04. The summed E-state index contributed by atoms with van der Waals surface area (Å²) < 4.78 is 7.26. The number of hydrogen-bond acceptors (Lipinski definition) is 6. The Labute approximate surface area is 190 Å². The molecule has 0 bridgehead atoms. The second-order valence-electron chi connectivity index (χ2n) is 7.54. The molecular weight excluding hydrogens is 428 g/mol. The topological polar surface area (TPSA) is 98.0 Å². The second-order valence-corrected chi connectivity index (χ2v) is 8.91. The van der Waals surface area contributed by atoms with Gasteiger partial charge in [-0.2, -0.15) is 0 Å². The molecule has 0 saturated heterocycles. The van der Waals surface area contributed by atoms with Crippen LogP contribution in [0.3, 0.4) is 0 Å². The number of nitrogens with zero attached hydrogens (tertiary/aromatic N) is 2. The molecular formula is C24H26N2O5S. The number of ketones is 1. The van der Waals surface area contributed by atoms with Crippen LogP contribution in [-0.4, -0.2) is 39.1 Å². The number of aliphatic carboxylic acids is 1. The van der Waals surface area contributed by atoms with E-state index in [0.717, 1.165) is 17.7 Å². The maximum absolute atomic E-state index is 12.7. The number of carboxylic acid groups (broad SMARTS) is 1. The highest BCUT2D eigenvalue weighted by atomic mass is 32.1. The number of hydrogen-bond donors (Lipinski definition) is 1. The lowest BCUT2D eigenvalue weighted by Gasteiger charge is -2.11. The first-order valence-corrected chi connectivity index (χ1v) is 11.2. The van der Waals surface area contributed by atoms with E-state index in [2.05, 4.69) is 30.1 Å². The maximum atomic E-state index is 12.7. The molecule has 8 heteroatoms. The SMILES string of the molecule is C/C=C(\Cc1ccc(C)s1)Cc1c(CC)c(C(=O)C=O)c2c(OCC(=O)O)nc(C)cn12. The van der Waals surface area contributed by atoms with E-state index in [1.54, 1.807) is 24.5 Å². The Bertz CT molecular complexity index is 1220. The van der Waals surface area contributed by atoms with E-state index in [0.29, 0.717) is 24.1 Å². The second kappa shape index (κ2) is 9.91. The van der Waals surface area contributed by atoms with E-state index in [1.165, 1.54) is 15.3 Å². The van der Waals surface area contributed by atoms with Gasteiger partial charge in [-0.3, -0.25) is 9.59 Å². The molecule has 3 rings (SSSR count). The summed E-state index contributed by atoms with van der Waals surface area (Å²) in [6, 6.07) is 4.22. The van der Waals surface area contributed by atoms with Gasteiger partial charge in [-0.05, 0) is 44.9 Å². The van der Waals surface area contributed by atoms with Crippen molar-refractivity contribution < 1.29 is 24.2 Å². The van der Waals surface area contributed by atoms with Crippen molar-refractivity contribution in [3.8, 4) is 5.88 Å². The molecule has 0 amide bonds. The summed E-state index contributed by atoms with van der Waals surface area (Å²) in [7, 11) is 0. The van der Waals surface area contributed by atoms with Gasteiger partial charge in [-0.15, -0.1) is 11.3 Å². The zero-order valence-corrected chi connectivity index (χ0v) is 19.4. The molecule has 0 fully saturated rings.